The van der Waals surface area contributed by atoms with Gasteiger partial charge in [-0.2, -0.15) is 5.56 Å². The van der Waals surface area contributed by atoms with E-state index in [4.69, 9.17) is 5.73 Å². The van der Waals surface area contributed by atoms with Crippen LogP contribution >= 0.6 is 0 Å². The number of carbonyl (C=O) groups is 1. The number of hydrogen-bond donors (Lipinski definition) is 0. The molecule has 5 rings (SSSR count). The molecule has 6 heteroatoms. The summed E-state index contributed by atoms with van der Waals surface area (Å²) in [6, 6.07) is 25.9. The summed E-state index contributed by atoms with van der Waals surface area (Å²) in [7, 11) is 0. The van der Waals surface area contributed by atoms with E-state index in [0.29, 0.717) is 11.5 Å². The topological polar surface area (TPSA) is 40.9 Å². The summed E-state index contributed by atoms with van der Waals surface area (Å²) in [6.45, 7) is 2.23. The molecule has 33 heavy (non-hydrogen) atoms. The van der Waals surface area contributed by atoms with E-state index in [9.17, 15) is 4.79 Å². The van der Waals surface area contributed by atoms with Gasteiger partial charge in [-0.3, -0.25) is 6.08 Å². The van der Waals surface area contributed by atoms with Crippen LogP contribution in [-0.2, 0) is 21.7 Å². The molecule has 1 amide bonds. The van der Waals surface area contributed by atoms with Gasteiger partial charge in [0.1, 0.15) is 0 Å². The van der Waals surface area contributed by atoms with Gasteiger partial charge in [0.05, 0.1) is 5.91 Å². The third-order valence-electron chi connectivity index (χ3n) is 4.96. The molecular formula is C27H25Cl2NOSiTi-4. The first-order valence-electron chi connectivity index (χ1n) is 9.00. The monoisotopic (exact) mass is 525 g/mol. The number of amides is 1. The molecule has 170 valence electrons. The average Bonchev–Trinajstić information content (AvgIpc) is 3.11. The molecule has 0 aromatic heterocycles. The van der Waals surface area contributed by atoms with E-state index in [0.717, 1.165) is 0 Å². The van der Waals surface area contributed by atoms with Gasteiger partial charge in [-0.25, -0.2) is 6.08 Å². The Morgan fingerprint density at radius 2 is 1.18 bits per heavy atom. The molecular weight excluding hydrogens is 501 g/mol. The molecule has 0 saturated heterocycles. The van der Waals surface area contributed by atoms with Crippen LogP contribution in [0.25, 0.3) is 33.4 Å². The number of allylic oxidation sites excluding steroid dienone is 1. The number of benzene rings is 4. The first kappa shape index (κ1) is 35.7. The number of fused-ring (bicyclic) bond motifs is 6. The maximum absolute atomic E-state index is 10.3. The Balaban J connectivity index is -0.000000532. The van der Waals surface area contributed by atoms with Gasteiger partial charge in [-0.15, -0.1) is 5.56 Å². The second-order valence-corrected chi connectivity index (χ2v) is 6.65. The van der Waals surface area contributed by atoms with Crippen LogP contribution in [0.5, 0.6) is 0 Å². The van der Waals surface area contributed by atoms with Crippen LogP contribution < -0.4 is 24.8 Å². The number of halogens is 2. The minimum Gasteiger partial charge on any atom is -1.00 e. The molecule has 1 N–H and O–H groups in total. The third kappa shape index (κ3) is 7.30. The largest absolute Gasteiger partial charge is 2.00 e. The van der Waals surface area contributed by atoms with Crippen molar-refractivity contribution in [1.82, 2.24) is 0 Å². The second-order valence-electron chi connectivity index (χ2n) is 6.65. The maximum Gasteiger partial charge on any atom is 2.00 e. The van der Waals surface area contributed by atoms with Gasteiger partial charge < -0.3 is 50.2 Å². The van der Waals surface area contributed by atoms with Gasteiger partial charge in [0.15, 0.2) is 0 Å². The van der Waals surface area contributed by atoms with E-state index >= 15 is 0 Å². The Hall–Kier alpha value is -1.88. The van der Waals surface area contributed by atoms with E-state index in [2.05, 4.69) is 67.6 Å². The average molecular weight is 526 g/mol. The zero-order valence-electron chi connectivity index (χ0n) is 18.8. The Labute approximate surface area is 229 Å². The van der Waals surface area contributed by atoms with Gasteiger partial charge in [0.25, 0.3) is 0 Å². The molecule has 1 atom stereocenters. The number of hydrogen-bond acceptors (Lipinski definition) is 1. The zero-order valence-corrected chi connectivity index (χ0v) is 22.9. The van der Waals surface area contributed by atoms with E-state index in [1.807, 2.05) is 6.07 Å². The van der Waals surface area contributed by atoms with Gasteiger partial charge in [0.2, 0.25) is 0 Å². The molecule has 1 aliphatic rings. The minimum absolute atomic E-state index is 0. The van der Waals surface area contributed by atoms with Crippen LogP contribution in [0, 0.1) is 20.9 Å². The summed E-state index contributed by atoms with van der Waals surface area (Å²) >= 11 is 0. The molecule has 1 aliphatic carbocycles. The SMILES string of the molecule is CC1[C-]=Cc2c1c1ccccc1c1ccccc21.[CH3-].[CH3-].[Cl-].[Cl-].[NH-]C(=O)c1ccccc1.[Si].[Ti+2]. The van der Waals surface area contributed by atoms with E-state index in [1.165, 1.54) is 32.7 Å². The molecule has 0 fully saturated rings. The van der Waals surface area contributed by atoms with Crippen LogP contribution in [0.3, 0.4) is 0 Å². The van der Waals surface area contributed by atoms with Gasteiger partial charge >= 0.3 is 21.7 Å². The maximum atomic E-state index is 10.3. The molecule has 0 bridgehead atoms. The zero-order chi connectivity index (χ0) is 18.8. The molecule has 4 aromatic rings. The van der Waals surface area contributed by atoms with Gasteiger partial charge in [0, 0.05) is 11.0 Å². The standard InChI is InChI=1S/C18H13.C7H7NO.2CH3.2ClH.Si.Ti/c1-12-10-11-17-15-8-3-2-6-13(15)14-7-4-5-9-16(14)18(12)17;8-7(9)6-4-2-1-3-5-6;;;;;;/h2-9,11-12H,1H3;1-5H,(H2,8,9);2*1H3;2*1H;;/q-1;;2*-1;;;;+2/p-3. The molecule has 4 aromatic carbocycles. The fourth-order valence-electron chi connectivity index (χ4n) is 3.70. The fraction of sp³-hybridized carbons (Fsp3) is 0.0741. The summed E-state index contributed by atoms with van der Waals surface area (Å²) in [5.41, 5.74) is 9.91. The number of carbonyl (C=O) groups excluding carboxylic acids is 1. The van der Waals surface area contributed by atoms with Crippen LogP contribution in [0.15, 0.2) is 78.9 Å². The fourth-order valence-corrected chi connectivity index (χ4v) is 3.70. The van der Waals surface area contributed by atoms with E-state index in [1.54, 1.807) is 24.3 Å². The van der Waals surface area contributed by atoms with E-state index in [-0.39, 0.29) is 72.4 Å². The van der Waals surface area contributed by atoms with Crippen molar-refractivity contribution < 1.29 is 51.3 Å². The summed E-state index contributed by atoms with van der Waals surface area (Å²) < 4.78 is 0. The second kappa shape index (κ2) is 15.9. The molecule has 0 saturated carbocycles. The molecule has 0 heterocycles. The smallest absolute Gasteiger partial charge is 1.00 e. The van der Waals surface area contributed by atoms with Crippen molar-refractivity contribution in [2.45, 2.75) is 12.8 Å². The van der Waals surface area contributed by atoms with Crippen molar-refractivity contribution in [2.24, 2.45) is 0 Å². The van der Waals surface area contributed by atoms with E-state index < -0.39 is 5.91 Å². The molecule has 0 spiro atoms. The number of rotatable bonds is 1. The summed E-state index contributed by atoms with van der Waals surface area (Å²) in [4.78, 5) is 10.3. The van der Waals surface area contributed by atoms with Crippen LogP contribution in [0.1, 0.15) is 34.3 Å². The Morgan fingerprint density at radius 3 is 1.67 bits per heavy atom. The Kier molecular flexibility index (Phi) is 17.2. The van der Waals surface area contributed by atoms with Crippen molar-refractivity contribution in [3.8, 4) is 0 Å². The van der Waals surface area contributed by atoms with Crippen LogP contribution in [-0.4, -0.2) is 16.9 Å². The van der Waals surface area contributed by atoms with Crippen molar-refractivity contribution in [2.75, 3.05) is 0 Å². The van der Waals surface area contributed by atoms with Crippen LogP contribution in [0.4, 0.5) is 0 Å². The van der Waals surface area contributed by atoms with Crippen molar-refractivity contribution in [3.63, 3.8) is 0 Å². The van der Waals surface area contributed by atoms with Crippen molar-refractivity contribution >= 4 is 44.5 Å². The van der Waals surface area contributed by atoms with Crippen LogP contribution in [0.2, 0.25) is 0 Å². The Bertz CT molecular complexity index is 1180. The molecule has 2 nitrogen and oxygen atoms in total. The molecule has 0 aliphatic heterocycles. The molecule has 4 radical (unpaired) electrons. The summed E-state index contributed by atoms with van der Waals surface area (Å²) in [6.07, 6.45) is 5.61. The van der Waals surface area contributed by atoms with Gasteiger partial charge in [-0.1, -0.05) is 97.1 Å². The van der Waals surface area contributed by atoms with Crippen molar-refractivity contribution in [3.05, 3.63) is 122 Å². The first-order chi connectivity index (χ1) is 13.2. The first-order valence-corrected chi connectivity index (χ1v) is 9.00. The number of nitrogens with one attached hydrogen (secondary N) is 1. The normalized spacial score (nSPS) is 12.0. The van der Waals surface area contributed by atoms with Crippen molar-refractivity contribution in [1.29, 1.82) is 0 Å². The van der Waals surface area contributed by atoms with Gasteiger partial charge in [-0.05, 0) is 21.7 Å². The third-order valence-corrected chi connectivity index (χ3v) is 4.96. The predicted octanol–water partition coefficient (Wildman–Crippen LogP) is 1.33. The Morgan fingerprint density at radius 1 is 0.758 bits per heavy atom. The summed E-state index contributed by atoms with van der Waals surface area (Å²) in [5.74, 6) is -0.231. The molecule has 1 unspecified atom stereocenters. The summed E-state index contributed by atoms with van der Waals surface area (Å²) in [5, 5.41) is 5.43. The predicted molar refractivity (Wildman–Crippen MR) is 131 cm³/mol. The quantitative estimate of drug-likeness (QED) is 0.210. The minimum atomic E-state index is -0.629.